The van der Waals surface area contributed by atoms with Gasteiger partial charge in [-0.05, 0) is 31.2 Å². The van der Waals surface area contributed by atoms with Crippen molar-refractivity contribution in [1.82, 2.24) is 19.3 Å². The zero-order chi connectivity index (χ0) is 20.5. The van der Waals surface area contributed by atoms with Crippen LogP contribution in [0.1, 0.15) is 11.3 Å². The van der Waals surface area contributed by atoms with Gasteiger partial charge in [0.1, 0.15) is 18.0 Å². The minimum absolute atomic E-state index is 0.0259. The molecule has 0 aliphatic rings. The normalized spacial score (nSPS) is 11.0. The summed E-state index contributed by atoms with van der Waals surface area (Å²) in [6.07, 6.45) is 1.14. The molecule has 0 aliphatic carbocycles. The van der Waals surface area contributed by atoms with Crippen LogP contribution in [0, 0.1) is 24.4 Å². The molecule has 0 fully saturated rings. The van der Waals surface area contributed by atoms with Gasteiger partial charge in [0.2, 0.25) is 5.06 Å². The van der Waals surface area contributed by atoms with Gasteiger partial charge in [0.25, 0.3) is 0 Å². The number of benzene rings is 2. The number of thiazole rings is 1. The fourth-order valence-corrected chi connectivity index (χ4v) is 3.33. The van der Waals surface area contributed by atoms with E-state index < -0.39 is 23.1 Å². The fourth-order valence-electron chi connectivity index (χ4n) is 2.67. The van der Waals surface area contributed by atoms with Gasteiger partial charge >= 0.3 is 5.69 Å². The molecule has 0 saturated carbocycles. The van der Waals surface area contributed by atoms with Crippen LogP contribution in [0.25, 0.3) is 5.69 Å². The van der Waals surface area contributed by atoms with E-state index in [2.05, 4.69) is 10.1 Å². The monoisotopic (exact) mass is 418 g/mol. The first-order chi connectivity index (χ1) is 13.9. The lowest BCUT2D eigenvalue weighted by Crippen LogP contribution is -2.24. The van der Waals surface area contributed by atoms with E-state index in [0.717, 1.165) is 33.8 Å². The van der Waals surface area contributed by atoms with Gasteiger partial charge in [-0.1, -0.05) is 17.4 Å². The molecule has 148 valence electrons. The maximum Gasteiger partial charge on any atom is 0.350 e. The summed E-state index contributed by atoms with van der Waals surface area (Å²) in [7, 11) is 0. The Hall–Kier alpha value is -3.40. The minimum Gasteiger partial charge on any atom is -0.442 e. The van der Waals surface area contributed by atoms with Crippen LogP contribution in [0.3, 0.4) is 0 Å². The van der Waals surface area contributed by atoms with Crippen molar-refractivity contribution in [2.75, 3.05) is 0 Å². The Labute approximate surface area is 166 Å². The summed E-state index contributed by atoms with van der Waals surface area (Å²) in [5.74, 6) is -2.26. The van der Waals surface area contributed by atoms with Gasteiger partial charge < -0.3 is 4.74 Å². The molecule has 10 heteroatoms. The van der Waals surface area contributed by atoms with Crippen molar-refractivity contribution in [3.63, 3.8) is 0 Å². The second-order valence-electron chi connectivity index (χ2n) is 6.10. The molecule has 0 spiro atoms. The Bertz CT molecular complexity index is 1230. The van der Waals surface area contributed by atoms with E-state index in [1.807, 2.05) is 0 Å². The first kappa shape index (κ1) is 18.9. The highest BCUT2D eigenvalue weighted by atomic mass is 32.1. The fraction of sp³-hybridized carbons (Fsp3) is 0.105. The molecule has 0 N–H and O–H groups in total. The summed E-state index contributed by atoms with van der Waals surface area (Å²) in [4.78, 5) is 16.6. The summed E-state index contributed by atoms with van der Waals surface area (Å²) in [5.41, 5.74) is 1.44. The Balaban J connectivity index is 1.62. The summed E-state index contributed by atoms with van der Waals surface area (Å²) < 4.78 is 49.6. The van der Waals surface area contributed by atoms with Crippen LogP contribution in [-0.4, -0.2) is 19.3 Å². The van der Waals surface area contributed by atoms with Crippen molar-refractivity contribution in [1.29, 1.82) is 0 Å². The number of hydrogen-bond acceptors (Lipinski definition) is 5. The summed E-state index contributed by atoms with van der Waals surface area (Å²) in [6, 6.07) is 7.36. The molecule has 0 radical (unpaired) electrons. The van der Waals surface area contributed by atoms with E-state index in [9.17, 15) is 18.0 Å². The van der Waals surface area contributed by atoms with E-state index in [0.29, 0.717) is 10.8 Å². The molecule has 0 aliphatic heterocycles. The average Bonchev–Trinajstić information content (AvgIpc) is 3.26. The lowest BCUT2D eigenvalue weighted by molar-refractivity contribution is 0.448. The maximum absolute atomic E-state index is 14.5. The lowest BCUT2D eigenvalue weighted by atomic mass is 10.2. The van der Waals surface area contributed by atoms with Crippen molar-refractivity contribution in [3.8, 4) is 16.5 Å². The van der Waals surface area contributed by atoms with Crippen molar-refractivity contribution in [3.05, 3.63) is 87.4 Å². The number of ether oxygens (including phenoxy) is 1. The molecule has 0 saturated heterocycles. The van der Waals surface area contributed by atoms with Gasteiger partial charge in [0.15, 0.2) is 11.6 Å². The Morgan fingerprint density at radius 3 is 2.52 bits per heavy atom. The third-order valence-electron chi connectivity index (χ3n) is 4.19. The van der Waals surface area contributed by atoms with Gasteiger partial charge in [-0.2, -0.15) is 9.78 Å². The molecule has 29 heavy (non-hydrogen) atoms. The zero-order valence-electron chi connectivity index (χ0n) is 15.0. The van der Waals surface area contributed by atoms with Crippen LogP contribution in [-0.2, 0) is 6.54 Å². The molecule has 4 rings (SSSR count). The molecule has 4 aromatic rings. The Morgan fingerprint density at radius 2 is 1.86 bits per heavy atom. The van der Waals surface area contributed by atoms with E-state index in [1.165, 1.54) is 29.5 Å². The highest BCUT2D eigenvalue weighted by Gasteiger charge is 2.15. The van der Waals surface area contributed by atoms with Crippen molar-refractivity contribution in [2.24, 2.45) is 0 Å². The first-order valence-electron chi connectivity index (χ1n) is 8.39. The number of rotatable bonds is 5. The van der Waals surface area contributed by atoms with Crippen molar-refractivity contribution >= 4 is 11.3 Å². The van der Waals surface area contributed by atoms with Crippen LogP contribution in [0.5, 0.6) is 10.8 Å². The van der Waals surface area contributed by atoms with E-state index in [-0.39, 0.29) is 23.5 Å². The molecule has 0 atom stereocenters. The van der Waals surface area contributed by atoms with Crippen molar-refractivity contribution < 1.29 is 17.9 Å². The van der Waals surface area contributed by atoms with Gasteiger partial charge in [0, 0.05) is 11.6 Å². The van der Waals surface area contributed by atoms with E-state index >= 15 is 0 Å². The number of halogens is 3. The third kappa shape index (κ3) is 3.66. The van der Waals surface area contributed by atoms with Crippen LogP contribution in [0.15, 0.2) is 53.0 Å². The van der Waals surface area contributed by atoms with E-state index in [1.54, 1.807) is 12.4 Å². The molecule has 0 unspecified atom stereocenters. The number of aryl methyl sites for hydroxylation is 1. The van der Waals surface area contributed by atoms with Crippen molar-refractivity contribution in [2.45, 2.75) is 13.5 Å². The van der Waals surface area contributed by atoms with Crippen LogP contribution >= 0.6 is 11.3 Å². The predicted molar refractivity (Wildman–Crippen MR) is 100 cm³/mol. The lowest BCUT2D eigenvalue weighted by Gasteiger charge is -2.07. The second-order valence-corrected chi connectivity index (χ2v) is 6.91. The number of nitrogens with zero attached hydrogens (tertiary/aromatic N) is 4. The third-order valence-corrected chi connectivity index (χ3v) is 4.99. The van der Waals surface area contributed by atoms with Gasteiger partial charge in [-0.15, -0.1) is 0 Å². The first-order valence-corrected chi connectivity index (χ1v) is 9.27. The van der Waals surface area contributed by atoms with Gasteiger partial charge in [-0.3, -0.25) is 4.57 Å². The topological polar surface area (TPSA) is 61.9 Å². The quantitative estimate of drug-likeness (QED) is 0.491. The van der Waals surface area contributed by atoms with Gasteiger partial charge in [0.05, 0.1) is 23.4 Å². The Kier molecular flexibility index (Phi) is 4.93. The Morgan fingerprint density at radius 1 is 1.10 bits per heavy atom. The molecule has 0 amide bonds. The summed E-state index contributed by atoms with van der Waals surface area (Å²) >= 11 is 1.23. The smallest absolute Gasteiger partial charge is 0.350 e. The number of aromatic nitrogens is 4. The second kappa shape index (κ2) is 7.55. The van der Waals surface area contributed by atoms with Crippen LogP contribution in [0.2, 0.25) is 0 Å². The average molecular weight is 418 g/mol. The standard InChI is InChI=1S/C19H13F3N4O2S/c1-11-18(29-10-23-11)28-17-6-5-12(7-16(17)22)26-19(27)25(9-24-26)8-13-14(20)3-2-4-15(13)21/h2-7,9-10H,8H2,1H3. The molecular formula is C19H13F3N4O2S. The largest absolute Gasteiger partial charge is 0.442 e. The number of hydrogen-bond donors (Lipinski definition) is 0. The molecule has 6 nitrogen and oxygen atoms in total. The highest BCUT2D eigenvalue weighted by molar-refractivity contribution is 7.11. The van der Waals surface area contributed by atoms with Gasteiger partial charge in [-0.25, -0.2) is 22.9 Å². The molecule has 2 aromatic heterocycles. The van der Waals surface area contributed by atoms with E-state index in [4.69, 9.17) is 4.74 Å². The highest BCUT2D eigenvalue weighted by Crippen LogP contribution is 2.30. The molecule has 2 heterocycles. The predicted octanol–water partition coefficient (Wildman–Crippen LogP) is 4.06. The molecule has 2 aromatic carbocycles. The summed E-state index contributed by atoms with van der Waals surface area (Å²) in [6.45, 7) is 1.40. The maximum atomic E-state index is 14.5. The summed E-state index contributed by atoms with van der Waals surface area (Å²) in [5, 5.41) is 4.37. The minimum atomic E-state index is -0.768. The molecule has 0 bridgehead atoms. The van der Waals surface area contributed by atoms with Crippen LogP contribution in [0.4, 0.5) is 13.2 Å². The SMILES string of the molecule is Cc1ncsc1Oc1ccc(-n2ncn(Cc3c(F)cccc3F)c2=O)cc1F. The van der Waals surface area contributed by atoms with Crippen LogP contribution < -0.4 is 10.4 Å². The molecular weight excluding hydrogens is 405 g/mol. The zero-order valence-corrected chi connectivity index (χ0v) is 15.8.